The van der Waals surface area contributed by atoms with E-state index in [0.29, 0.717) is 23.9 Å². The summed E-state index contributed by atoms with van der Waals surface area (Å²) >= 11 is 0. The Bertz CT molecular complexity index is 723. The van der Waals surface area contributed by atoms with E-state index in [1.54, 1.807) is 13.0 Å². The predicted molar refractivity (Wildman–Crippen MR) is 130 cm³/mol. The fourth-order valence-electron chi connectivity index (χ4n) is 6.27. The van der Waals surface area contributed by atoms with Gasteiger partial charge in [-0.05, 0) is 75.4 Å². The molecule has 2 saturated carbocycles. The second-order valence-electron chi connectivity index (χ2n) is 13.0. The molecule has 1 saturated heterocycles. The van der Waals surface area contributed by atoms with Crippen molar-refractivity contribution in [1.29, 1.82) is 0 Å². The summed E-state index contributed by atoms with van der Waals surface area (Å²) in [6.45, 7) is 19.1. The van der Waals surface area contributed by atoms with Gasteiger partial charge in [0.2, 0.25) is 6.29 Å². The van der Waals surface area contributed by atoms with Crippen molar-refractivity contribution in [2.45, 2.75) is 117 Å². The summed E-state index contributed by atoms with van der Waals surface area (Å²) in [5, 5.41) is 10.9. The standard InChI is InChI=1S/C26H46O5Si/c1-17(12-15-21(27)26(6)22(28)29-23(30-26)24(2,3)4)18-13-14-19-20(31-32(7,8)9)11-10-16-25(18,19)5/h12,15,17-21,23,27H,10-11,13-14,16H2,1-9H3/b15-12+/t17-,18-,19?,20?,21?,23-,25-,26-/m1/s1. The molecule has 3 fully saturated rings. The number of carbonyl (C=O) groups excluding carboxylic acids is 1. The van der Waals surface area contributed by atoms with Crippen LogP contribution in [-0.2, 0) is 18.7 Å². The SMILES string of the molecule is C[C@H](/C=C/C(O)[C@@]1(C)O[C@H](C(C)(C)C)OC1=O)[C@H]1CCC2C(O[Si](C)(C)C)CCC[C@@]21C. The van der Waals surface area contributed by atoms with Gasteiger partial charge >= 0.3 is 5.97 Å². The van der Waals surface area contributed by atoms with E-state index in [2.05, 4.69) is 39.6 Å². The number of rotatable bonds is 6. The van der Waals surface area contributed by atoms with Crippen molar-refractivity contribution < 1.29 is 23.8 Å². The maximum Gasteiger partial charge on any atom is 0.343 e. The zero-order chi connectivity index (χ0) is 24.1. The Labute approximate surface area is 196 Å². The highest BCUT2D eigenvalue weighted by Gasteiger charge is 2.55. The molecule has 2 aliphatic carbocycles. The third-order valence-electron chi connectivity index (χ3n) is 8.11. The van der Waals surface area contributed by atoms with Crippen LogP contribution in [0.3, 0.4) is 0 Å². The van der Waals surface area contributed by atoms with Crippen molar-refractivity contribution in [2.24, 2.45) is 28.6 Å². The van der Waals surface area contributed by atoms with E-state index in [1.165, 1.54) is 32.1 Å². The molecule has 5 nitrogen and oxygen atoms in total. The molecule has 0 aromatic heterocycles. The van der Waals surface area contributed by atoms with Crippen LogP contribution in [0, 0.1) is 28.6 Å². The summed E-state index contributed by atoms with van der Waals surface area (Å²) in [7, 11) is -1.57. The minimum atomic E-state index is -1.57. The molecule has 184 valence electrons. The number of hydrogen-bond donors (Lipinski definition) is 1. The van der Waals surface area contributed by atoms with E-state index in [0.717, 1.165) is 0 Å². The van der Waals surface area contributed by atoms with Crippen LogP contribution >= 0.6 is 0 Å². The summed E-state index contributed by atoms with van der Waals surface area (Å²) in [6, 6.07) is 0. The number of carbonyl (C=O) groups is 1. The van der Waals surface area contributed by atoms with Gasteiger partial charge in [0.15, 0.2) is 13.9 Å². The third-order valence-corrected chi connectivity index (χ3v) is 9.12. The van der Waals surface area contributed by atoms with Gasteiger partial charge < -0.3 is 19.0 Å². The van der Waals surface area contributed by atoms with Gasteiger partial charge in [0, 0.05) is 11.5 Å². The highest BCUT2D eigenvalue weighted by Crippen LogP contribution is 2.58. The number of allylic oxidation sites excluding steroid dienone is 1. The molecule has 32 heavy (non-hydrogen) atoms. The van der Waals surface area contributed by atoms with Gasteiger partial charge in [-0.15, -0.1) is 0 Å². The summed E-state index contributed by atoms with van der Waals surface area (Å²) < 4.78 is 18.0. The Morgan fingerprint density at radius 2 is 1.81 bits per heavy atom. The van der Waals surface area contributed by atoms with E-state index in [4.69, 9.17) is 13.9 Å². The molecule has 0 amide bonds. The summed E-state index contributed by atoms with van der Waals surface area (Å²) in [6.07, 6.45) is 8.62. The average molecular weight is 467 g/mol. The molecule has 8 atom stereocenters. The van der Waals surface area contributed by atoms with Crippen LogP contribution in [0.5, 0.6) is 0 Å². The first kappa shape index (κ1) is 25.9. The van der Waals surface area contributed by atoms with E-state index in [-0.39, 0.29) is 10.8 Å². The molecular formula is C26H46O5Si. The van der Waals surface area contributed by atoms with Gasteiger partial charge in [0.25, 0.3) is 0 Å². The van der Waals surface area contributed by atoms with E-state index >= 15 is 0 Å². The lowest BCUT2D eigenvalue weighted by atomic mass is 9.62. The molecule has 6 heteroatoms. The Morgan fingerprint density at radius 1 is 1.16 bits per heavy atom. The molecular weight excluding hydrogens is 420 g/mol. The topological polar surface area (TPSA) is 65.0 Å². The van der Waals surface area contributed by atoms with Gasteiger partial charge in [-0.3, -0.25) is 0 Å². The number of aliphatic hydroxyl groups is 1. The quantitative estimate of drug-likeness (QED) is 0.310. The van der Waals surface area contributed by atoms with Crippen LogP contribution in [-0.4, -0.2) is 43.5 Å². The van der Waals surface area contributed by atoms with Crippen LogP contribution in [0.2, 0.25) is 19.6 Å². The maximum absolute atomic E-state index is 12.5. The number of hydrogen-bond acceptors (Lipinski definition) is 5. The Morgan fingerprint density at radius 3 is 2.38 bits per heavy atom. The Hall–Kier alpha value is -0.693. The number of ether oxygens (including phenoxy) is 2. The largest absolute Gasteiger partial charge is 0.433 e. The Kier molecular flexibility index (Phi) is 7.15. The number of cyclic esters (lactones) is 1. The van der Waals surface area contributed by atoms with E-state index in [1.807, 2.05) is 20.8 Å². The van der Waals surface area contributed by atoms with Gasteiger partial charge in [0.05, 0.1) is 0 Å². The third kappa shape index (κ3) is 5.03. The summed E-state index contributed by atoms with van der Waals surface area (Å²) in [4.78, 5) is 12.5. The maximum atomic E-state index is 12.5. The van der Waals surface area contributed by atoms with Crippen LogP contribution < -0.4 is 0 Å². The van der Waals surface area contributed by atoms with Crippen molar-refractivity contribution in [2.75, 3.05) is 0 Å². The van der Waals surface area contributed by atoms with Gasteiger partial charge in [-0.2, -0.15) is 0 Å². The molecule has 3 rings (SSSR count). The predicted octanol–water partition coefficient (Wildman–Crippen LogP) is 5.68. The van der Waals surface area contributed by atoms with Crippen molar-refractivity contribution >= 4 is 14.3 Å². The van der Waals surface area contributed by atoms with Crippen LogP contribution in [0.1, 0.15) is 73.6 Å². The Balaban J connectivity index is 1.69. The average Bonchev–Trinajstić information content (AvgIpc) is 3.16. The second-order valence-corrected chi connectivity index (χ2v) is 17.4. The number of aliphatic hydroxyl groups excluding tert-OH is 1. The van der Waals surface area contributed by atoms with E-state index < -0.39 is 32.3 Å². The first-order valence-electron chi connectivity index (χ1n) is 12.5. The lowest BCUT2D eigenvalue weighted by molar-refractivity contribution is -0.160. The zero-order valence-corrected chi connectivity index (χ0v) is 22.7. The van der Waals surface area contributed by atoms with Gasteiger partial charge in [-0.25, -0.2) is 4.79 Å². The fourth-order valence-corrected chi connectivity index (χ4v) is 7.46. The molecule has 1 N–H and O–H groups in total. The second kappa shape index (κ2) is 8.83. The molecule has 0 spiro atoms. The first-order valence-corrected chi connectivity index (χ1v) is 15.9. The first-order chi connectivity index (χ1) is 14.6. The van der Waals surface area contributed by atoms with Crippen molar-refractivity contribution in [3.63, 3.8) is 0 Å². The molecule has 3 unspecified atom stereocenters. The lowest BCUT2D eigenvalue weighted by Crippen LogP contribution is -2.46. The molecule has 0 aromatic rings. The number of esters is 1. The monoisotopic (exact) mass is 466 g/mol. The highest BCUT2D eigenvalue weighted by molar-refractivity contribution is 6.69. The smallest absolute Gasteiger partial charge is 0.343 e. The van der Waals surface area contributed by atoms with Crippen LogP contribution in [0.4, 0.5) is 0 Å². The van der Waals surface area contributed by atoms with Gasteiger partial charge in [-0.1, -0.05) is 53.2 Å². The lowest BCUT2D eigenvalue weighted by Gasteiger charge is -2.47. The minimum absolute atomic E-state index is 0.265. The molecule has 0 bridgehead atoms. The molecule has 1 heterocycles. The van der Waals surface area contributed by atoms with Gasteiger partial charge in [0.1, 0.15) is 6.10 Å². The summed E-state index contributed by atoms with van der Waals surface area (Å²) in [5.41, 5.74) is -1.44. The molecule has 0 aromatic carbocycles. The molecule has 3 aliphatic rings. The summed E-state index contributed by atoms with van der Waals surface area (Å²) in [5.74, 6) is 0.987. The fraction of sp³-hybridized carbons (Fsp3) is 0.885. The zero-order valence-electron chi connectivity index (χ0n) is 21.7. The van der Waals surface area contributed by atoms with Crippen molar-refractivity contribution in [3.05, 3.63) is 12.2 Å². The molecule has 1 aliphatic heterocycles. The highest BCUT2D eigenvalue weighted by atomic mass is 28.4. The van der Waals surface area contributed by atoms with Crippen LogP contribution in [0.25, 0.3) is 0 Å². The number of fused-ring (bicyclic) bond motifs is 1. The normalized spacial score (nSPS) is 40.4. The van der Waals surface area contributed by atoms with Crippen molar-refractivity contribution in [1.82, 2.24) is 0 Å². The van der Waals surface area contributed by atoms with E-state index in [9.17, 15) is 9.90 Å². The van der Waals surface area contributed by atoms with Crippen molar-refractivity contribution in [3.8, 4) is 0 Å². The minimum Gasteiger partial charge on any atom is -0.433 e. The molecule has 0 radical (unpaired) electrons. The van der Waals surface area contributed by atoms with Crippen LogP contribution in [0.15, 0.2) is 12.2 Å².